The summed E-state index contributed by atoms with van der Waals surface area (Å²) >= 11 is 3.59. The van der Waals surface area contributed by atoms with E-state index in [-0.39, 0.29) is 0 Å². The van der Waals surface area contributed by atoms with Gasteiger partial charge in [-0.1, -0.05) is 19.4 Å². The molecule has 3 nitrogen and oxygen atoms in total. The molecule has 1 atom stereocenters. The maximum Gasteiger partial charge on any atom is 0.111 e. The maximum absolute atomic E-state index is 4.91. The molecule has 0 aliphatic carbocycles. The molecule has 5 heteroatoms. The summed E-state index contributed by atoms with van der Waals surface area (Å²) in [5.41, 5.74) is 1.15. The first kappa shape index (κ1) is 14.2. The number of thiophene rings is 1. The Morgan fingerprint density at radius 2 is 2.20 bits per heavy atom. The predicted molar refractivity (Wildman–Crippen MR) is 87.5 cm³/mol. The molecule has 1 aliphatic rings. The van der Waals surface area contributed by atoms with Gasteiger partial charge in [0.05, 0.1) is 16.6 Å². The molecule has 0 bridgehead atoms. The van der Waals surface area contributed by atoms with Gasteiger partial charge in [-0.25, -0.2) is 4.98 Å². The van der Waals surface area contributed by atoms with Gasteiger partial charge in [-0.15, -0.1) is 22.7 Å². The van der Waals surface area contributed by atoms with Crippen molar-refractivity contribution in [3.8, 4) is 10.6 Å². The Morgan fingerprint density at radius 3 is 2.90 bits per heavy atom. The van der Waals surface area contributed by atoms with Crippen molar-refractivity contribution < 1.29 is 0 Å². The molecular formula is C15H21N3S2. The molecule has 0 spiro atoms. The molecule has 1 aliphatic heterocycles. The highest BCUT2D eigenvalue weighted by Gasteiger charge is 2.24. The highest BCUT2D eigenvalue weighted by atomic mass is 32.1. The van der Waals surface area contributed by atoms with Crippen molar-refractivity contribution in [2.75, 3.05) is 26.2 Å². The summed E-state index contributed by atoms with van der Waals surface area (Å²) in [6.07, 6.45) is 2.42. The Labute approximate surface area is 128 Å². The Hall–Kier alpha value is -0.750. The zero-order chi connectivity index (χ0) is 13.8. The van der Waals surface area contributed by atoms with Gasteiger partial charge >= 0.3 is 0 Å². The molecule has 0 saturated carbocycles. The largest absolute Gasteiger partial charge is 0.314 e. The number of hydrogen-bond donors (Lipinski definition) is 1. The Bertz CT molecular complexity index is 515. The average Bonchev–Trinajstić information content (AvgIpc) is 3.16. The van der Waals surface area contributed by atoms with Crippen molar-refractivity contribution >= 4 is 22.7 Å². The van der Waals surface area contributed by atoms with Crippen LogP contribution in [0.3, 0.4) is 0 Å². The molecular weight excluding hydrogens is 286 g/mol. The summed E-state index contributed by atoms with van der Waals surface area (Å²) in [5, 5.41) is 9.06. The lowest BCUT2D eigenvalue weighted by atomic mass is 10.1. The van der Waals surface area contributed by atoms with Crippen molar-refractivity contribution in [1.29, 1.82) is 0 Å². The normalized spacial score (nSPS) is 18.2. The lowest BCUT2D eigenvalue weighted by molar-refractivity contribution is 0.164. The fourth-order valence-corrected chi connectivity index (χ4v) is 4.46. The fraction of sp³-hybridized carbons (Fsp3) is 0.533. The molecule has 1 unspecified atom stereocenters. The van der Waals surface area contributed by atoms with E-state index in [9.17, 15) is 0 Å². The van der Waals surface area contributed by atoms with E-state index >= 15 is 0 Å². The van der Waals surface area contributed by atoms with Crippen molar-refractivity contribution in [2.24, 2.45) is 0 Å². The third kappa shape index (κ3) is 3.11. The molecule has 0 amide bonds. The Morgan fingerprint density at radius 1 is 1.35 bits per heavy atom. The van der Waals surface area contributed by atoms with Crippen LogP contribution in [0.15, 0.2) is 22.9 Å². The molecule has 3 rings (SSSR count). The lowest BCUT2D eigenvalue weighted by Crippen LogP contribution is -2.45. The van der Waals surface area contributed by atoms with Gasteiger partial charge in [0, 0.05) is 31.6 Å². The molecule has 1 N–H and O–H groups in total. The molecule has 2 aromatic heterocycles. The monoisotopic (exact) mass is 307 g/mol. The highest BCUT2D eigenvalue weighted by molar-refractivity contribution is 7.14. The second-order valence-electron chi connectivity index (χ2n) is 5.14. The first-order valence-corrected chi connectivity index (χ1v) is 9.08. The van der Waals surface area contributed by atoms with Crippen LogP contribution >= 0.6 is 22.7 Å². The first-order chi connectivity index (χ1) is 9.88. The standard InChI is InChI=1S/C15H21N3S2/c1-2-4-13(18-8-6-16-7-9-18)15-17-12(11-20-15)14-5-3-10-19-14/h3,5,10-11,13,16H,2,4,6-9H2,1H3. The molecule has 0 aromatic carbocycles. The lowest BCUT2D eigenvalue weighted by Gasteiger charge is -2.33. The number of rotatable bonds is 5. The molecule has 3 heterocycles. The van der Waals surface area contributed by atoms with Crippen LogP contribution in [0.2, 0.25) is 0 Å². The Balaban J connectivity index is 1.80. The van der Waals surface area contributed by atoms with Crippen molar-refractivity contribution in [2.45, 2.75) is 25.8 Å². The topological polar surface area (TPSA) is 28.2 Å². The van der Waals surface area contributed by atoms with Crippen molar-refractivity contribution in [1.82, 2.24) is 15.2 Å². The van der Waals surface area contributed by atoms with Crippen LogP contribution in [0.1, 0.15) is 30.8 Å². The van der Waals surface area contributed by atoms with E-state index in [4.69, 9.17) is 4.98 Å². The molecule has 1 saturated heterocycles. The average molecular weight is 307 g/mol. The molecule has 20 heavy (non-hydrogen) atoms. The zero-order valence-electron chi connectivity index (χ0n) is 11.8. The molecule has 108 valence electrons. The minimum atomic E-state index is 0.501. The second kappa shape index (κ2) is 6.80. The molecule has 1 fully saturated rings. The number of nitrogens with one attached hydrogen (secondary N) is 1. The number of piperazine rings is 1. The van der Waals surface area contributed by atoms with E-state index in [0.717, 1.165) is 31.9 Å². The van der Waals surface area contributed by atoms with Gasteiger partial charge in [0.1, 0.15) is 5.01 Å². The minimum Gasteiger partial charge on any atom is -0.314 e. The van der Waals surface area contributed by atoms with Crippen molar-refractivity contribution in [3.63, 3.8) is 0 Å². The van der Waals surface area contributed by atoms with Crippen LogP contribution < -0.4 is 5.32 Å². The van der Waals surface area contributed by atoms with Gasteiger partial charge in [-0.2, -0.15) is 0 Å². The highest BCUT2D eigenvalue weighted by Crippen LogP contribution is 2.33. The Kier molecular flexibility index (Phi) is 4.83. The van der Waals surface area contributed by atoms with Gasteiger partial charge in [0.25, 0.3) is 0 Å². The van der Waals surface area contributed by atoms with Gasteiger partial charge in [-0.05, 0) is 17.9 Å². The van der Waals surface area contributed by atoms with E-state index < -0.39 is 0 Å². The quantitative estimate of drug-likeness (QED) is 0.914. The van der Waals surface area contributed by atoms with E-state index in [1.807, 2.05) is 11.3 Å². The van der Waals surface area contributed by atoms with E-state index in [1.54, 1.807) is 11.3 Å². The summed E-state index contributed by atoms with van der Waals surface area (Å²) < 4.78 is 0. The number of nitrogens with zero attached hydrogens (tertiary/aromatic N) is 2. The number of hydrogen-bond acceptors (Lipinski definition) is 5. The third-order valence-electron chi connectivity index (χ3n) is 3.74. The second-order valence-corrected chi connectivity index (χ2v) is 6.98. The summed E-state index contributed by atoms with van der Waals surface area (Å²) in [4.78, 5) is 8.79. The summed E-state index contributed by atoms with van der Waals surface area (Å²) in [7, 11) is 0. The predicted octanol–water partition coefficient (Wildman–Crippen LogP) is 3.62. The maximum atomic E-state index is 4.91. The van der Waals surface area contributed by atoms with Gasteiger partial charge in [0.2, 0.25) is 0 Å². The SMILES string of the molecule is CCCC(c1nc(-c2cccs2)cs1)N1CCNCC1. The summed E-state index contributed by atoms with van der Waals surface area (Å²) in [5.74, 6) is 0. The zero-order valence-corrected chi connectivity index (χ0v) is 13.5. The van der Waals surface area contributed by atoms with E-state index in [2.05, 4.69) is 40.0 Å². The molecule has 0 radical (unpaired) electrons. The number of thiazole rings is 1. The van der Waals surface area contributed by atoms with Crippen LogP contribution in [0.4, 0.5) is 0 Å². The summed E-state index contributed by atoms with van der Waals surface area (Å²) in [6, 6.07) is 4.75. The third-order valence-corrected chi connectivity index (χ3v) is 5.57. The van der Waals surface area contributed by atoms with Crippen LogP contribution in [0.25, 0.3) is 10.6 Å². The summed E-state index contributed by atoms with van der Waals surface area (Å²) in [6.45, 7) is 6.74. The van der Waals surface area contributed by atoms with Gasteiger partial charge in [0.15, 0.2) is 0 Å². The molecule has 2 aromatic rings. The number of aromatic nitrogens is 1. The van der Waals surface area contributed by atoms with Crippen LogP contribution in [0.5, 0.6) is 0 Å². The minimum absolute atomic E-state index is 0.501. The first-order valence-electron chi connectivity index (χ1n) is 7.32. The van der Waals surface area contributed by atoms with E-state index in [1.165, 1.54) is 22.7 Å². The fourth-order valence-electron chi connectivity index (χ4n) is 2.71. The van der Waals surface area contributed by atoms with Crippen molar-refractivity contribution in [3.05, 3.63) is 27.9 Å². The smallest absolute Gasteiger partial charge is 0.111 e. The van der Waals surface area contributed by atoms with Crippen LogP contribution in [-0.2, 0) is 0 Å². The van der Waals surface area contributed by atoms with Gasteiger partial charge < -0.3 is 5.32 Å². The van der Waals surface area contributed by atoms with E-state index in [0.29, 0.717) is 6.04 Å². The van der Waals surface area contributed by atoms with Crippen LogP contribution in [-0.4, -0.2) is 36.1 Å². The van der Waals surface area contributed by atoms with Gasteiger partial charge in [-0.3, -0.25) is 4.90 Å². The van der Waals surface area contributed by atoms with Crippen LogP contribution in [0, 0.1) is 0 Å².